The Hall–Kier alpha value is -2.69. The van der Waals surface area contributed by atoms with Crippen molar-refractivity contribution in [3.63, 3.8) is 0 Å². The molecule has 0 bridgehead atoms. The molecule has 0 amide bonds. The summed E-state index contributed by atoms with van der Waals surface area (Å²) in [6.45, 7) is 0. The Morgan fingerprint density at radius 2 is 1.90 bits per heavy atom. The van der Waals surface area contributed by atoms with Gasteiger partial charge in [-0.15, -0.1) is 0 Å². The van der Waals surface area contributed by atoms with Gasteiger partial charge in [0.2, 0.25) is 0 Å². The van der Waals surface area contributed by atoms with Gasteiger partial charge in [-0.25, -0.2) is 0 Å². The normalized spacial score (nSPS) is 11.2. The summed E-state index contributed by atoms with van der Waals surface area (Å²) in [6, 6.07) is 14.8. The number of para-hydroxylation sites is 1. The minimum Gasteiger partial charge on any atom is -0.457 e. The van der Waals surface area contributed by atoms with Crippen LogP contribution in [0.25, 0.3) is 0 Å². The van der Waals surface area contributed by atoms with Crippen molar-refractivity contribution in [2.24, 2.45) is 10.9 Å². The fourth-order valence-corrected chi connectivity index (χ4v) is 1.77. The molecule has 3 N–H and O–H groups in total. The fourth-order valence-electron chi connectivity index (χ4n) is 1.77. The zero-order valence-electron chi connectivity index (χ0n) is 11.4. The molecule has 2 rings (SSSR count). The summed E-state index contributed by atoms with van der Waals surface area (Å²) in [7, 11) is 3.92. The molecule has 0 atom stereocenters. The van der Waals surface area contributed by atoms with Gasteiger partial charge in [-0.1, -0.05) is 23.4 Å². The van der Waals surface area contributed by atoms with Gasteiger partial charge < -0.3 is 20.6 Å². The van der Waals surface area contributed by atoms with Crippen molar-refractivity contribution in [3.8, 4) is 11.5 Å². The van der Waals surface area contributed by atoms with Crippen LogP contribution in [-0.2, 0) is 0 Å². The summed E-state index contributed by atoms with van der Waals surface area (Å²) in [5, 5.41) is 11.8. The van der Waals surface area contributed by atoms with E-state index in [-0.39, 0.29) is 5.84 Å². The Bertz CT molecular complexity index is 624. The second-order valence-electron chi connectivity index (χ2n) is 4.48. The van der Waals surface area contributed by atoms with Crippen molar-refractivity contribution in [2.45, 2.75) is 0 Å². The highest BCUT2D eigenvalue weighted by Crippen LogP contribution is 2.27. The number of nitrogens with two attached hydrogens (primary N) is 1. The van der Waals surface area contributed by atoms with E-state index < -0.39 is 0 Å². The first-order chi connectivity index (χ1) is 9.61. The molecule has 5 nitrogen and oxygen atoms in total. The summed E-state index contributed by atoms with van der Waals surface area (Å²) in [4.78, 5) is 1.99. The second kappa shape index (κ2) is 5.97. The molecule has 0 radical (unpaired) electrons. The summed E-state index contributed by atoms with van der Waals surface area (Å²) in [6.07, 6.45) is 0. The monoisotopic (exact) mass is 271 g/mol. The molecular formula is C15H17N3O2. The van der Waals surface area contributed by atoms with E-state index in [4.69, 9.17) is 15.7 Å². The third-order valence-electron chi connectivity index (χ3n) is 2.83. The standard InChI is InChI=1S/C15H17N3O2/c1-18(2)11-6-5-7-12(10-11)20-14-9-4-3-8-13(14)15(16)17-19/h3-10,19H,1-2H3,(H2,16,17). The molecule has 2 aromatic carbocycles. The predicted molar refractivity (Wildman–Crippen MR) is 79.8 cm³/mol. The van der Waals surface area contributed by atoms with Crippen LogP contribution >= 0.6 is 0 Å². The Morgan fingerprint density at radius 3 is 2.60 bits per heavy atom. The van der Waals surface area contributed by atoms with Gasteiger partial charge in [0.25, 0.3) is 0 Å². The molecule has 0 saturated carbocycles. The summed E-state index contributed by atoms with van der Waals surface area (Å²) in [5.41, 5.74) is 7.22. The Labute approximate surface area is 117 Å². The van der Waals surface area contributed by atoms with Crippen LogP contribution in [0.4, 0.5) is 5.69 Å². The second-order valence-corrected chi connectivity index (χ2v) is 4.48. The largest absolute Gasteiger partial charge is 0.457 e. The lowest BCUT2D eigenvalue weighted by atomic mass is 10.2. The van der Waals surface area contributed by atoms with Crippen molar-refractivity contribution in [1.82, 2.24) is 0 Å². The highest BCUT2D eigenvalue weighted by Gasteiger charge is 2.09. The fraction of sp³-hybridized carbons (Fsp3) is 0.133. The Kier molecular flexibility index (Phi) is 4.10. The molecule has 0 aliphatic heterocycles. The molecule has 0 aliphatic carbocycles. The zero-order valence-corrected chi connectivity index (χ0v) is 11.4. The van der Waals surface area contributed by atoms with E-state index in [1.165, 1.54) is 0 Å². The van der Waals surface area contributed by atoms with Gasteiger partial charge in [0.05, 0.1) is 5.56 Å². The van der Waals surface area contributed by atoms with Gasteiger partial charge in [-0.2, -0.15) is 0 Å². The van der Waals surface area contributed by atoms with Crippen LogP contribution in [0.2, 0.25) is 0 Å². The van der Waals surface area contributed by atoms with Gasteiger partial charge in [-0.05, 0) is 24.3 Å². The first-order valence-electron chi connectivity index (χ1n) is 6.14. The van der Waals surface area contributed by atoms with E-state index >= 15 is 0 Å². The lowest BCUT2D eigenvalue weighted by Gasteiger charge is -2.15. The molecule has 5 heteroatoms. The van der Waals surface area contributed by atoms with Gasteiger partial charge in [0, 0.05) is 25.8 Å². The number of benzene rings is 2. The van der Waals surface area contributed by atoms with Crippen LogP contribution in [-0.4, -0.2) is 25.1 Å². The average Bonchev–Trinajstić information content (AvgIpc) is 2.47. The molecule has 0 spiro atoms. The molecule has 2 aromatic rings. The van der Waals surface area contributed by atoms with Crippen molar-refractivity contribution >= 4 is 11.5 Å². The van der Waals surface area contributed by atoms with E-state index in [0.717, 1.165) is 5.69 Å². The SMILES string of the molecule is CN(C)c1cccc(Oc2ccccc2/C(N)=N/O)c1. The third-order valence-corrected chi connectivity index (χ3v) is 2.83. The molecule has 0 aliphatic rings. The lowest BCUT2D eigenvalue weighted by molar-refractivity contribution is 0.318. The minimum absolute atomic E-state index is 0.0179. The Morgan fingerprint density at radius 1 is 1.15 bits per heavy atom. The maximum Gasteiger partial charge on any atom is 0.173 e. The number of nitrogens with zero attached hydrogens (tertiary/aromatic N) is 2. The maximum absolute atomic E-state index is 8.80. The number of anilines is 1. The quantitative estimate of drug-likeness (QED) is 0.388. The van der Waals surface area contributed by atoms with Gasteiger partial charge in [0.1, 0.15) is 11.5 Å². The number of rotatable bonds is 4. The number of hydrogen-bond donors (Lipinski definition) is 2. The molecule has 0 fully saturated rings. The van der Waals surface area contributed by atoms with Gasteiger partial charge >= 0.3 is 0 Å². The van der Waals surface area contributed by atoms with Gasteiger partial charge in [0.15, 0.2) is 5.84 Å². The number of ether oxygens (including phenoxy) is 1. The summed E-state index contributed by atoms with van der Waals surface area (Å²) < 4.78 is 5.82. The van der Waals surface area contributed by atoms with Crippen LogP contribution in [0.5, 0.6) is 11.5 Å². The van der Waals surface area contributed by atoms with Crippen LogP contribution < -0.4 is 15.4 Å². The number of oxime groups is 1. The van der Waals surface area contributed by atoms with Crippen molar-refractivity contribution in [2.75, 3.05) is 19.0 Å². The number of amidine groups is 1. The van der Waals surface area contributed by atoms with Crippen LogP contribution in [0.15, 0.2) is 53.7 Å². The highest BCUT2D eigenvalue weighted by atomic mass is 16.5. The molecule has 0 heterocycles. The Balaban J connectivity index is 2.33. The molecule has 0 saturated heterocycles. The summed E-state index contributed by atoms with van der Waals surface area (Å²) in [5.74, 6) is 1.25. The van der Waals surface area contributed by atoms with Crippen molar-refractivity contribution < 1.29 is 9.94 Å². The van der Waals surface area contributed by atoms with E-state index in [9.17, 15) is 0 Å². The summed E-state index contributed by atoms with van der Waals surface area (Å²) >= 11 is 0. The predicted octanol–water partition coefficient (Wildman–Crippen LogP) is 2.64. The number of hydrogen-bond acceptors (Lipinski definition) is 4. The van der Waals surface area contributed by atoms with E-state index in [0.29, 0.717) is 17.1 Å². The van der Waals surface area contributed by atoms with Crippen molar-refractivity contribution in [1.29, 1.82) is 0 Å². The minimum atomic E-state index is 0.0179. The van der Waals surface area contributed by atoms with Gasteiger partial charge in [-0.3, -0.25) is 0 Å². The molecule has 0 unspecified atom stereocenters. The average molecular weight is 271 g/mol. The molecule has 20 heavy (non-hydrogen) atoms. The smallest absolute Gasteiger partial charge is 0.173 e. The van der Waals surface area contributed by atoms with Crippen LogP contribution in [0.1, 0.15) is 5.56 Å². The maximum atomic E-state index is 8.80. The zero-order chi connectivity index (χ0) is 14.5. The molecular weight excluding hydrogens is 254 g/mol. The lowest BCUT2D eigenvalue weighted by Crippen LogP contribution is -2.14. The first-order valence-corrected chi connectivity index (χ1v) is 6.14. The van der Waals surface area contributed by atoms with E-state index in [2.05, 4.69) is 5.16 Å². The third kappa shape index (κ3) is 3.00. The molecule has 104 valence electrons. The van der Waals surface area contributed by atoms with Crippen LogP contribution in [0, 0.1) is 0 Å². The van der Waals surface area contributed by atoms with Crippen LogP contribution in [0.3, 0.4) is 0 Å². The topological polar surface area (TPSA) is 71.1 Å². The van der Waals surface area contributed by atoms with E-state index in [1.807, 2.05) is 49.3 Å². The highest BCUT2D eigenvalue weighted by molar-refractivity contribution is 5.99. The first kappa shape index (κ1) is 13.7. The van der Waals surface area contributed by atoms with Crippen molar-refractivity contribution in [3.05, 3.63) is 54.1 Å². The van der Waals surface area contributed by atoms with E-state index in [1.54, 1.807) is 18.2 Å². The molecule has 0 aromatic heterocycles.